The number of hydrogen-bond donors (Lipinski definition) is 2. The van der Waals surface area contributed by atoms with Gasteiger partial charge in [-0.1, -0.05) is 56.3 Å². The van der Waals surface area contributed by atoms with E-state index in [1.165, 1.54) is 0 Å². The molecule has 5 aromatic rings. The largest absolute Gasteiger partial charge is 0.436 e. The summed E-state index contributed by atoms with van der Waals surface area (Å²) in [4.78, 5) is 5.02. The van der Waals surface area contributed by atoms with Crippen LogP contribution in [0.15, 0.2) is 76.2 Å². The first-order chi connectivity index (χ1) is 16.7. The third-order valence-corrected chi connectivity index (χ3v) is 7.60. The van der Waals surface area contributed by atoms with Crippen LogP contribution < -0.4 is 4.72 Å². The van der Waals surface area contributed by atoms with Crippen molar-refractivity contribution < 1.29 is 12.8 Å². The van der Waals surface area contributed by atoms with Crippen molar-refractivity contribution in [1.82, 2.24) is 15.2 Å². The fourth-order valence-electron chi connectivity index (χ4n) is 4.20. The number of benzene rings is 3. The Labute approximate surface area is 204 Å². The maximum atomic E-state index is 13.0. The molecule has 0 atom stereocenters. The van der Waals surface area contributed by atoms with Crippen LogP contribution in [-0.2, 0) is 10.0 Å². The second-order valence-corrected chi connectivity index (χ2v) is 10.6. The van der Waals surface area contributed by atoms with Crippen LogP contribution >= 0.6 is 0 Å². The van der Waals surface area contributed by atoms with Gasteiger partial charge in [0.15, 0.2) is 5.58 Å². The highest BCUT2D eigenvalue weighted by molar-refractivity contribution is 7.92. The molecule has 0 aliphatic carbocycles. The van der Waals surface area contributed by atoms with Crippen molar-refractivity contribution in [2.75, 3.05) is 4.72 Å². The number of sulfonamides is 1. The third-order valence-electron chi connectivity index (χ3n) is 6.05. The van der Waals surface area contributed by atoms with E-state index in [4.69, 9.17) is 9.40 Å². The minimum Gasteiger partial charge on any atom is -0.436 e. The number of rotatable bonds is 6. The first-order valence-electron chi connectivity index (χ1n) is 11.4. The topological polar surface area (TPSA) is 101 Å². The lowest BCUT2D eigenvalue weighted by molar-refractivity contribution is 0.600. The molecule has 0 aliphatic rings. The number of aryl methyl sites for hydroxylation is 2. The van der Waals surface area contributed by atoms with Crippen molar-refractivity contribution in [1.29, 1.82) is 0 Å². The molecule has 0 unspecified atom stereocenters. The molecule has 0 bridgehead atoms. The minimum atomic E-state index is -3.73. The monoisotopic (exact) mass is 486 g/mol. The molecule has 8 heteroatoms. The quantitative estimate of drug-likeness (QED) is 0.288. The predicted molar refractivity (Wildman–Crippen MR) is 138 cm³/mol. The highest BCUT2D eigenvalue weighted by atomic mass is 32.2. The van der Waals surface area contributed by atoms with Crippen LogP contribution in [0.2, 0.25) is 0 Å². The van der Waals surface area contributed by atoms with Gasteiger partial charge in [0.2, 0.25) is 5.89 Å². The Hall–Kier alpha value is -3.91. The Balaban J connectivity index is 1.53. The minimum absolute atomic E-state index is 0.246. The van der Waals surface area contributed by atoms with Gasteiger partial charge in [0, 0.05) is 11.3 Å². The zero-order chi connectivity index (χ0) is 24.7. The highest BCUT2D eigenvalue weighted by Crippen LogP contribution is 2.36. The normalized spacial score (nSPS) is 11.9. The molecule has 0 radical (unpaired) electrons. The van der Waals surface area contributed by atoms with Gasteiger partial charge in [-0.2, -0.15) is 5.10 Å². The fourth-order valence-corrected chi connectivity index (χ4v) is 5.49. The molecule has 2 N–H and O–H groups in total. The molecule has 0 saturated heterocycles. The van der Waals surface area contributed by atoms with Crippen molar-refractivity contribution in [3.8, 4) is 22.7 Å². The molecule has 0 amide bonds. The number of nitrogens with one attached hydrogen (secondary N) is 2. The lowest BCUT2D eigenvalue weighted by Gasteiger charge is -2.11. The summed E-state index contributed by atoms with van der Waals surface area (Å²) < 4.78 is 34.9. The summed E-state index contributed by atoms with van der Waals surface area (Å²) in [7, 11) is -3.73. The number of oxazole rings is 1. The summed E-state index contributed by atoms with van der Waals surface area (Å²) in [5, 5.41) is 7.25. The number of anilines is 1. The average Bonchev–Trinajstić information content (AvgIpc) is 3.47. The van der Waals surface area contributed by atoms with Crippen molar-refractivity contribution in [3.05, 3.63) is 83.6 Å². The fraction of sp³-hybridized carbons (Fsp3) is 0.185. The molecule has 0 saturated carbocycles. The van der Waals surface area contributed by atoms with Crippen molar-refractivity contribution >= 4 is 26.8 Å². The number of aromatic amines is 1. The van der Waals surface area contributed by atoms with Crippen molar-refractivity contribution in [2.45, 2.75) is 38.5 Å². The van der Waals surface area contributed by atoms with E-state index in [9.17, 15) is 8.42 Å². The molecule has 5 rings (SSSR count). The number of hydrogen-bond acceptors (Lipinski definition) is 5. The van der Waals surface area contributed by atoms with Gasteiger partial charge in [0.1, 0.15) is 5.52 Å². The number of H-pyrrole nitrogens is 1. The van der Waals surface area contributed by atoms with Gasteiger partial charge in [-0.3, -0.25) is 9.82 Å². The highest BCUT2D eigenvalue weighted by Gasteiger charge is 2.21. The molecular weight excluding hydrogens is 460 g/mol. The Kier molecular flexibility index (Phi) is 5.68. The molecule has 35 heavy (non-hydrogen) atoms. The number of aromatic nitrogens is 3. The average molecular weight is 487 g/mol. The summed E-state index contributed by atoms with van der Waals surface area (Å²) in [6.07, 6.45) is 1.68. The van der Waals surface area contributed by atoms with Gasteiger partial charge in [-0.25, -0.2) is 13.4 Å². The predicted octanol–water partition coefficient (Wildman–Crippen LogP) is 6.43. The van der Waals surface area contributed by atoms with E-state index in [0.717, 1.165) is 27.8 Å². The molecule has 3 aromatic carbocycles. The zero-order valence-corrected chi connectivity index (χ0v) is 20.8. The van der Waals surface area contributed by atoms with E-state index in [1.807, 2.05) is 19.1 Å². The van der Waals surface area contributed by atoms with Gasteiger partial charge in [-0.15, -0.1) is 0 Å². The van der Waals surface area contributed by atoms with Crippen LogP contribution in [0.5, 0.6) is 0 Å². The van der Waals surface area contributed by atoms with E-state index >= 15 is 0 Å². The SMILES string of the molecule is Cc1ccccc1S(=O)(=O)Nc1cccc(-c2[nH]ncc2-c2nc3c(C)ccc(C(C)C)c3o2)c1. The maximum absolute atomic E-state index is 13.0. The molecular formula is C27H26N4O3S. The van der Waals surface area contributed by atoms with E-state index in [0.29, 0.717) is 34.3 Å². The maximum Gasteiger partial charge on any atom is 0.262 e. The Morgan fingerprint density at radius 1 is 0.971 bits per heavy atom. The first-order valence-corrected chi connectivity index (χ1v) is 12.9. The lowest BCUT2D eigenvalue weighted by atomic mass is 10.0. The van der Waals surface area contributed by atoms with Crippen LogP contribution in [0.3, 0.4) is 0 Å². The Morgan fingerprint density at radius 2 is 1.77 bits per heavy atom. The standard InChI is InChI=1S/C27H26N4O3S/c1-16(2)21-13-12-18(4)24-26(21)34-27(29-24)22-15-28-30-25(22)19-9-7-10-20(14-19)31-35(32,33)23-11-6-5-8-17(23)3/h5-16,31H,1-4H3,(H,28,30). The van der Waals surface area contributed by atoms with Gasteiger partial charge < -0.3 is 4.42 Å². The lowest BCUT2D eigenvalue weighted by Crippen LogP contribution is -2.14. The third kappa shape index (κ3) is 4.21. The molecule has 0 fully saturated rings. The van der Waals surface area contributed by atoms with Gasteiger partial charge in [0.25, 0.3) is 10.0 Å². The van der Waals surface area contributed by atoms with Crippen LogP contribution in [0.4, 0.5) is 5.69 Å². The zero-order valence-electron chi connectivity index (χ0n) is 20.0. The Morgan fingerprint density at radius 3 is 2.54 bits per heavy atom. The van der Waals surface area contributed by atoms with Crippen molar-refractivity contribution in [2.24, 2.45) is 0 Å². The molecule has 0 aliphatic heterocycles. The van der Waals surface area contributed by atoms with Crippen LogP contribution in [0, 0.1) is 13.8 Å². The molecule has 2 heterocycles. The smallest absolute Gasteiger partial charge is 0.262 e. The number of fused-ring (bicyclic) bond motifs is 1. The second kappa shape index (κ2) is 8.70. The summed E-state index contributed by atoms with van der Waals surface area (Å²) in [6.45, 7) is 8.03. The van der Waals surface area contributed by atoms with Crippen LogP contribution in [0.25, 0.3) is 33.8 Å². The van der Waals surface area contributed by atoms with Gasteiger partial charge in [-0.05, 0) is 54.7 Å². The number of nitrogens with zero attached hydrogens (tertiary/aromatic N) is 2. The molecule has 178 valence electrons. The van der Waals surface area contributed by atoms with Gasteiger partial charge in [0.05, 0.1) is 22.3 Å². The van der Waals surface area contributed by atoms with Crippen LogP contribution in [0.1, 0.15) is 36.5 Å². The summed E-state index contributed by atoms with van der Waals surface area (Å²) in [5.41, 5.74) is 7.02. The van der Waals surface area contributed by atoms with Crippen molar-refractivity contribution in [3.63, 3.8) is 0 Å². The summed E-state index contributed by atoms with van der Waals surface area (Å²) in [6, 6.07) is 18.2. The van der Waals surface area contributed by atoms with Gasteiger partial charge >= 0.3 is 0 Å². The van der Waals surface area contributed by atoms with E-state index in [2.05, 4.69) is 40.9 Å². The first kappa shape index (κ1) is 22.9. The van der Waals surface area contributed by atoms with E-state index < -0.39 is 10.0 Å². The van der Waals surface area contributed by atoms with Crippen LogP contribution in [-0.4, -0.2) is 23.6 Å². The molecule has 7 nitrogen and oxygen atoms in total. The Bertz CT molecular complexity index is 1650. The second-order valence-electron chi connectivity index (χ2n) is 8.93. The van der Waals surface area contributed by atoms with E-state index in [-0.39, 0.29) is 4.90 Å². The molecule has 0 spiro atoms. The molecule has 2 aromatic heterocycles. The summed E-state index contributed by atoms with van der Waals surface area (Å²) >= 11 is 0. The van der Waals surface area contributed by atoms with E-state index in [1.54, 1.807) is 49.5 Å². The summed E-state index contributed by atoms with van der Waals surface area (Å²) in [5.74, 6) is 0.756.